The first kappa shape index (κ1) is 16.6. The van der Waals surface area contributed by atoms with Crippen LogP contribution in [-0.4, -0.2) is 69.3 Å². The van der Waals surface area contributed by atoms with Gasteiger partial charge in [0.05, 0.1) is 7.11 Å². The molecule has 3 rings (SSSR count). The molecular weight excluding hydrogens is 290 g/mol. The molecule has 1 aromatic carbocycles. The highest BCUT2D eigenvalue weighted by atomic mass is 16.5. The number of piperidine rings is 1. The van der Waals surface area contributed by atoms with Crippen LogP contribution in [0.5, 0.6) is 11.5 Å². The predicted molar refractivity (Wildman–Crippen MR) is 92.3 cm³/mol. The van der Waals surface area contributed by atoms with E-state index in [1.807, 2.05) is 6.07 Å². The van der Waals surface area contributed by atoms with Gasteiger partial charge in [0.2, 0.25) is 0 Å². The van der Waals surface area contributed by atoms with Gasteiger partial charge in [-0.25, -0.2) is 0 Å². The number of nitrogens with one attached hydrogen (secondary N) is 1. The van der Waals surface area contributed by atoms with Gasteiger partial charge in [-0.2, -0.15) is 0 Å². The first-order valence-corrected chi connectivity index (χ1v) is 8.70. The molecule has 0 aliphatic carbocycles. The second-order valence-corrected chi connectivity index (χ2v) is 6.62. The Balaban J connectivity index is 1.70. The third-order valence-corrected chi connectivity index (χ3v) is 4.74. The smallest absolute Gasteiger partial charge is 0.165 e. The van der Waals surface area contributed by atoms with Crippen molar-refractivity contribution >= 4 is 0 Å². The van der Waals surface area contributed by atoms with Crippen LogP contribution in [-0.2, 0) is 6.54 Å². The summed E-state index contributed by atoms with van der Waals surface area (Å²) in [5.41, 5.74) is 1.22. The minimum absolute atomic E-state index is 0.261. The van der Waals surface area contributed by atoms with E-state index in [0.717, 1.165) is 57.2 Å². The van der Waals surface area contributed by atoms with E-state index in [9.17, 15) is 0 Å². The fourth-order valence-corrected chi connectivity index (χ4v) is 3.52. The Labute approximate surface area is 139 Å². The van der Waals surface area contributed by atoms with Gasteiger partial charge in [-0.05, 0) is 32.5 Å². The predicted octanol–water partition coefficient (Wildman–Crippen LogP) is 1.57. The maximum Gasteiger partial charge on any atom is 0.165 e. The number of rotatable bonds is 5. The molecule has 0 saturated carbocycles. The fourth-order valence-electron chi connectivity index (χ4n) is 3.52. The Hall–Kier alpha value is -1.30. The van der Waals surface area contributed by atoms with Crippen molar-refractivity contribution in [2.75, 3.05) is 53.4 Å². The summed E-state index contributed by atoms with van der Waals surface area (Å²) in [6.07, 6.45) is 2.58. The number of methoxy groups -OCH3 is 1. The van der Waals surface area contributed by atoms with Crippen molar-refractivity contribution in [3.63, 3.8) is 0 Å². The molecule has 0 radical (unpaired) electrons. The standard InChI is InChI=1S/C18H29N3O2/c1-20-10-4-6-16(14-20)23-17-7-3-5-15(18(17)22-2)13-21-11-8-19-9-12-21/h3,5,7,16,19H,4,6,8-14H2,1-2H3. The lowest BCUT2D eigenvalue weighted by Gasteiger charge is -2.31. The van der Waals surface area contributed by atoms with E-state index in [1.54, 1.807) is 7.11 Å². The van der Waals surface area contributed by atoms with Gasteiger partial charge in [0.15, 0.2) is 11.5 Å². The van der Waals surface area contributed by atoms with Gasteiger partial charge in [-0.1, -0.05) is 12.1 Å². The minimum Gasteiger partial charge on any atom is -0.493 e. The molecule has 0 bridgehead atoms. The average molecular weight is 319 g/mol. The van der Waals surface area contributed by atoms with Gasteiger partial charge >= 0.3 is 0 Å². The van der Waals surface area contributed by atoms with Gasteiger partial charge < -0.3 is 19.7 Å². The Bertz CT molecular complexity index is 503. The molecular formula is C18H29N3O2. The highest BCUT2D eigenvalue weighted by molar-refractivity contribution is 5.46. The summed E-state index contributed by atoms with van der Waals surface area (Å²) in [6.45, 7) is 7.38. The van der Waals surface area contributed by atoms with Crippen LogP contribution in [0.4, 0.5) is 0 Å². The SMILES string of the molecule is COc1c(CN2CCNCC2)cccc1OC1CCCN(C)C1. The van der Waals surface area contributed by atoms with Gasteiger partial charge in [0.25, 0.3) is 0 Å². The Kier molecular flexibility index (Phi) is 5.75. The summed E-state index contributed by atoms with van der Waals surface area (Å²) in [5.74, 6) is 1.79. The molecule has 5 heteroatoms. The number of para-hydroxylation sites is 1. The first-order chi connectivity index (χ1) is 11.3. The molecule has 2 aliphatic rings. The zero-order valence-corrected chi connectivity index (χ0v) is 14.4. The van der Waals surface area contributed by atoms with E-state index in [1.165, 1.54) is 18.5 Å². The van der Waals surface area contributed by atoms with Crippen molar-refractivity contribution in [3.05, 3.63) is 23.8 Å². The Morgan fingerprint density at radius 1 is 1.22 bits per heavy atom. The van der Waals surface area contributed by atoms with Crippen LogP contribution in [0, 0.1) is 0 Å². The summed E-state index contributed by atoms with van der Waals surface area (Å²) < 4.78 is 12.0. The molecule has 2 fully saturated rings. The molecule has 0 amide bonds. The third-order valence-electron chi connectivity index (χ3n) is 4.74. The van der Waals surface area contributed by atoms with Crippen LogP contribution >= 0.6 is 0 Å². The number of likely N-dealkylation sites (tertiary alicyclic amines) is 1. The van der Waals surface area contributed by atoms with Crippen molar-refractivity contribution in [3.8, 4) is 11.5 Å². The molecule has 0 spiro atoms. The zero-order chi connectivity index (χ0) is 16.1. The van der Waals surface area contributed by atoms with Crippen LogP contribution in [0.1, 0.15) is 18.4 Å². The third kappa shape index (κ3) is 4.37. The van der Waals surface area contributed by atoms with Crippen LogP contribution in [0.2, 0.25) is 0 Å². The zero-order valence-electron chi connectivity index (χ0n) is 14.4. The van der Waals surface area contributed by atoms with E-state index in [2.05, 4.69) is 34.3 Å². The normalized spacial score (nSPS) is 23.7. The number of benzene rings is 1. The Morgan fingerprint density at radius 2 is 2.04 bits per heavy atom. The number of likely N-dealkylation sites (N-methyl/N-ethyl adjacent to an activating group) is 1. The second-order valence-electron chi connectivity index (χ2n) is 6.62. The Morgan fingerprint density at radius 3 is 2.78 bits per heavy atom. The van der Waals surface area contributed by atoms with E-state index < -0.39 is 0 Å². The van der Waals surface area contributed by atoms with Gasteiger partial charge in [0, 0.05) is 44.8 Å². The molecule has 128 valence electrons. The summed E-state index contributed by atoms with van der Waals surface area (Å²) in [5, 5.41) is 3.40. The average Bonchev–Trinajstić information content (AvgIpc) is 2.56. The van der Waals surface area contributed by atoms with Gasteiger partial charge in [-0.15, -0.1) is 0 Å². The van der Waals surface area contributed by atoms with Crippen LogP contribution < -0.4 is 14.8 Å². The molecule has 2 saturated heterocycles. The molecule has 2 aliphatic heterocycles. The van der Waals surface area contributed by atoms with E-state index >= 15 is 0 Å². The monoisotopic (exact) mass is 319 g/mol. The lowest BCUT2D eigenvalue weighted by atomic mass is 10.1. The first-order valence-electron chi connectivity index (χ1n) is 8.70. The molecule has 23 heavy (non-hydrogen) atoms. The van der Waals surface area contributed by atoms with Crippen molar-refractivity contribution in [2.45, 2.75) is 25.5 Å². The van der Waals surface area contributed by atoms with Crippen LogP contribution in [0.15, 0.2) is 18.2 Å². The van der Waals surface area contributed by atoms with E-state index in [0.29, 0.717) is 0 Å². The van der Waals surface area contributed by atoms with Crippen molar-refractivity contribution < 1.29 is 9.47 Å². The highest BCUT2D eigenvalue weighted by Crippen LogP contribution is 2.33. The van der Waals surface area contributed by atoms with Crippen molar-refractivity contribution in [1.29, 1.82) is 0 Å². The summed E-state index contributed by atoms with van der Waals surface area (Å²) in [7, 11) is 3.91. The number of hydrogen-bond donors (Lipinski definition) is 1. The molecule has 2 heterocycles. The molecule has 0 aromatic heterocycles. The number of nitrogens with zero attached hydrogens (tertiary/aromatic N) is 2. The maximum absolute atomic E-state index is 6.28. The number of ether oxygens (including phenoxy) is 2. The summed E-state index contributed by atoms with van der Waals surface area (Å²) in [6, 6.07) is 6.28. The largest absolute Gasteiger partial charge is 0.493 e. The maximum atomic E-state index is 6.28. The summed E-state index contributed by atoms with van der Waals surface area (Å²) in [4.78, 5) is 4.80. The van der Waals surface area contributed by atoms with E-state index in [4.69, 9.17) is 9.47 Å². The molecule has 1 N–H and O–H groups in total. The van der Waals surface area contributed by atoms with Crippen LogP contribution in [0.25, 0.3) is 0 Å². The second kappa shape index (κ2) is 7.99. The van der Waals surface area contributed by atoms with Crippen LogP contribution in [0.3, 0.4) is 0 Å². The number of hydrogen-bond acceptors (Lipinski definition) is 5. The quantitative estimate of drug-likeness (QED) is 0.892. The topological polar surface area (TPSA) is 37.0 Å². The van der Waals surface area contributed by atoms with Gasteiger partial charge in [0.1, 0.15) is 6.10 Å². The van der Waals surface area contributed by atoms with Crippen molar-refractivity contribution in [2.24, 2.45) is 0 Å². The molecule has 5 nitrogen and oxygen atoms in total. The molecule has 1 atom stereocenters. The summed E-state index contributed by atoms with van der Waals surface area (Å²) >= 11 is 0. The van der Waals surface area contributed by atoms with Gasteiger partial charge in [-0.3, -0.25) is 4.90 Å². The lowest BCUT2D eigenvalue weighted by molar-refractivity contribution is 0.101. The number of piperazine rings is 1. The minimum atomic E-state index is 0.261. The fraction of sp³-hybridized carbons (Fsp3) is 0.667. The molecule has 1 unspecified atom stereocenters. The van der Waals surface area contributed by atoms with E-state index in [-0.39, 0.29) is 6.10 Å². The lowest BCUT2D eigenvalue weighted by Crippen LogP contribution is -2.42. The molecule has 1 aromatic rings. The highest BCUT2D eigenvalue weighted by Gasteiger charge is 2.21. The van der Waals surface area contributed by atoms with Crippen molar-refractivity contribution in [1.82, 2.24) is 15.1 Å².